The molecule has 2 aliphatic heterocycles. The van der Waals surface area contributed by atoms with Crippen molar-refractivity contribution in [2.24, 2.45) is 0 Å². The Labute approximate surface area is 173 Å². The van der Waals surface area contributed by atoms with Gasteiger partial charge in [0.05, 0.1) is 28.7 Å². The zero-order valence-electron chi connectivity index (χ0n) is 16.4. The van der Waals surface area contributed by atoms with E-state index in [4.69, 9.17) is 11.6 Å². The van der Waals surface area contributed by atoms with Gasteiger partial charge in [-0.3, -0.25) is 4.79 Å². The van der Waals surface area contributed by atoms with Crippen LogP contribution in [-0.4, -0.2) is 51.4 Å². The summed E-state index contributed by atoms with van der Waals surface area (Å²) < 4.78 is 27.6. The van der Waals surface area contributed by atoms with E-state index in [-0.39, 0.29) is 10.8 Å². The minimum Gasteiger partial charge on any atom is -0.327 e. The number of sulfonamides is 1. The maximum Gasteiger partial charge on any atom is 0.279 e. The number of nitrogens with zero attached hydrogens (tertiary/aromatic N) is 1. The molecule has 1 amide bonds. The molecule has 0 aromatic heterocycles. The fourth-order valence-electron chi connectivity index (χ4n) is 4.02. The van der Waals surface area contributed by atoms with Gasteiger partial charge in [-0.05, 0) is 56.7 Å². The zero-order chi connectivity index (χ0) is 20.0. The predicted molar refractivity (Wildman–Crippen MR) is 111 cm³/mol. The lowest BCUT2D eigenvalue weighted by molar-refractivity contribution is -0.890. The number of nitrogens with one attached hydrogen (secondary N) is 2. The average molecular weight is 429 g/mol. The number of hydrogen-bond acceptors (Lipinski definition) is 3. The summed E-state index contributed by atoms with van der Waals surface area (Å²) in [6.45, 7) is 3.49. The standard InChI is InChI=1S/C20H30ClN3O3S/c21-18-10-9-17(28(26,27)24-13-7-3-4-8-14-24)15-19(18)22-20(25)16-23-11-5-1-2-6-12-23/h9-10,15H,1-8,11-14,16H2,(H,22,25)/p+1. The normalized spacial score (nSPS) is 20.3. The second kappa shape index (κ2) is 10.1. The quantitative estimate of drug-likeness (QED) is 0.755. The SMILES string of the molecule is O=C(C[NH+]1CCCCCC1)Nc1cc(S(=O)(=O)N2CCCCCC2)ccc1Cl. The minimum atomic E-state index is -3.57. The first kappa shape index (κ1) is 21.6. The van der Waals surface area contributed by atoms with E-state index in [1.165, 1.54) is 29.9 Å². The first-order chi connectivity index (χ1) is 13.5. The number of carbonyl (C=O) groups is 1. The molecule has 3 rings (SSSR count). The second-order valence-electron chi connectivity index (χ2n) is 7.85. The average Bonchev–Trinajstić information content (AvgIpc) is 3.08. The number of anilines is 1. The van der Waals surface area contributed by atoms with E-state index >= 15 is 0 Å². The Morgan fingerprint density at radius 3 is 2.25 bits per heavy atom. The maximum atomic E-state index is 13.0. The van der Waals surface area contributed by atoms with Crippen molar-refractivity contribution in [1.82, 2.24) is 4.31 Å². The van der Waals surface area contributed by atoms with Crippen LogP contribution >= 0.6 is 11.6 Å². The lowest BCUT2D eigenvalue weighted by Gasteiger charge is -2.21. The number of quaternary nitrogens is 1. The number of halogens is 1. The highest BCUT2D eigenvalue weighted by Crippen LogP contribution is 2.28. The van der Waals surface area contributed by atoms with Gasteiger partial charge in [0.25, 0.3) is 5.91 Å². The van der Waals surface area contributed by atoms with Gasteiger partial charge in [0, 0.05) is 13.1 Å². The van der Waals surface area contributed by atoms with E-state index in [2.05, 4.69) is 5.32 Å². The molecule has 6 nitrogen and oxygen atoms in total. The van der Waals surface area contributed by atoms with Gasteiger partial charge < -0.3 is 10.2 Å². The van der Waals surface area contributed by atoms with Crippen LogP contribution in [-0.2, 0) is 14.8 Å². The van der Waals surface area contributed by atoms with Crippen molar-refractivity contribution in [3.05, 3.63) is 23.2 Å². The molecule has 1 aromatic rings. The summed E-state index contributed by atoms with van der Waals surface area (Å²) in [6, 6.07) is 4.58. The Hall–Kier alpha value is -1.15. The van der Waals surface area contributed by atoms with Crippen LogP contribution in [0.15, 0.2) is 23.1 Å². The van der Waals surface area contributed by atoms with Crippen molar-refractivity contribution in [2.45, 2.75) is 56.3 Å². The van der Waals surface area contributed by atoms with E-state index in [1.54, 1.807) is 10.4 Å². The molecule has 1 aromatic carbocycles. The molecule has 0 atom stereocenters. The zero-order valence-corrected chi connectivity index (χ0v) is 18.0. The van der Waals surface area contributed by atoms with Gasteiger partial charge in [-0.2, -0.15) is 4.31 Å². The Kier molecular flexibility index (Phi) is 7.74. The lowest BCUT2D eigenvalue weighted by Crippen LogP contribution is -3.12. The van der Waals surface area contributed by atoms with Crippen molar-refractivity contribution in [1.29, 1.82) is 0 Å². The highest BCUT2D eigenvalue weighted by molar-refractivity contribution is 7.89. The smallest absolute Gasteiger partial charge is 0.279 e. The third kappa shape index (κ3) is 5.69. The molecule has 2 N–H and O–H groups in total. The Morgan fingerprint density at radius 1 is 1.00 bits per heavy atom. The summed E-state index contributed by atoms with van der Waals surface area (Å²) >= 11 is 6.24. The van der Waals surface area contributed by atoms with Crippen LogP contribution in [0.4, 0.5) is 5.69 Å². The van der Waals surface area contributed by atoms with E-state index in [0.29, 0.717) is 30.3 Å². The molecule has 2 saturated heterocycles. The van der Waals surface area contributed by atoms with Crippen LogP contribution in [0, 0.1) is 0 Å². The van der Waals surface area contributed by atoms with Gasteiger partial charge >= 0.3 is 0 Å². The first-order valence-corrected chi connectivity index (χ1v) is 12.2. The molecular weight excluding hydrogens is 398 g/mol. The van der Waals surface area contributed by atoms with Crippen LogP contribution < -0.4 is 10.2 Å². The number of hydrogen-bond donors (Lipinski definition) is 2. The van der Waals surface area contributed by atoms with Crippen molar-refractivity contribution < 1.29 is 18.1 Å². The first-order valence-electron chi connectivity index (χ1n) is 10.4. The molecule has 0 unspecified atom stereocenters. The highest BCUT2D eigenvalue weighted by atomic mass is 35.5. The molecule has 2 heterocycles. The number of amides is 1. The third-order valence-corrected chi connectivity index (χ3v) is 7.86. The van der Waals surface area contributed by atoms with Crippen molar-refractivity contribution in [2.75, 3.05) is 38.0 Å². The molecule has 0 aliphatic carbocycles. The third-order valence-electron chi connectivity index (χ3n) is 5.64. The fraction of sp³-hybridized carbons (Fsp3) is 0.650. The van der Waals surface area contributed by atoms with Crippen LogP contribution in [0.5, 0.6) is 0 Å². The summed E-state index contributed by atoms with van der Waals surface area (Å²) in [5, 5.41) is 3.19. The monoisotopic (exact) mass is 428 g/mol. The largest absolute Gasteiger partial charge is 0.327 e. The molecule has 0 radical (unpaired) electrons. The van der Waals surface area contributed by atoms with Gasteiger partial charge in [-0.15, -0.1) is 0 Å². The molecule has 156 valence electrons. The molecule has 8 heteroatoms. The van der Waals surface area contributed by atoms with Gasteiger partial charge in [0.2, 0.25) is 10.0 Å². The van der Waals surface area contributed by atoms with E-state index < -0.39 is 10.0 Å². The van der Waals surface area contributed by atoms with Crippen molar-refractivity contribution in [3.8, 4) is 0 Å². The topological polar surface area (TPSA) is 70.9 Å². The minimum absolute atomic E-state index is 0.122. The van der Waals surface area contributed by atoms with E-state index in [9.17, 15) is 13.2 Å². The number of carbonyl (C=O) groups excluding carboxylic acids is 1. The number of rotatable bonds is 5. The number of likely N-dealkylation sites (tertiary alicyclic amines) is 1. The fourth-order valence-corrected chi connectivity index (χ4v) is 5.73. The lowest BCUT2D eigenvalue weighted by atomic mass is 10.2. The Bertz CT molecular complexity index is 769. The molecule has 2 fully saturated rings. The van der Waals surface area contributed by atoms with Crippen LogP contribution in [0.2, 0.25) is 5.02 Å². The summed E-state index contributed by atoms with van der Waals surface area (Å²) in [5.74, 6) is -0.122. The van der Waals surface area contributed by atoms with Gasteiger partial charge in [-0.25, -0.2) is 8.42 Å². The molecule has 0 spiro atoms. The van der Waals surface area contributed by atoms with E-state index in [1.807, 2.05) is 0 Å². The predicted octanol–water partition coefficient (Wildman–Crippen LogP) is 2.30. The second-order valence-corrected chi connectivity index (χ2v) is 10.2. The van der Waals surface area contributed by atoms with Crippen molar-refractivity contribution >= 4 is 33.2 Å². The highest BCUT2D eigenvalue weighted by Gasteiger charge is 2.26. The summed E-state index contributed by atoms with van der Waals surface area (Å²) in [4.78, 5) is 14.0. The Balaban J connectivity index is 1.70. The molecule has 28 heavy (non-hydrogen) atoms. The maximum absolute atomic E-state index is 13.0. The van der Waals surface area contributed by atoms with Crippen LogP contribution in [0.1, 0.15) is 51.4 Å². The summed E-state index contributed by atoms with van der Waals surface area (Å²) in [5.41, 5.74) is 0.372. The number of benzene rings is 1. The van der Waals surface area contributed by atoms with Gasteiger partial charge in [-0.1, -0.05) is 24.4 Å². The molecule has 2 aliphatic rings. The van der Waals surface area contributed by atoms with E-state index in [0.717, 1.165) is 51.6 Å². The molecule has 0 saturated carbocycles. The van der Waals surface area contributed by atoms with Crippen LogP contribution in [0.25, 0.3) is 0 Å². The summed E-state index contributed by atoms with van der Waals surface area (Å²) in [6.07, 6.45) is 8.64. The van der Waals surface area contributed by atoms with Crippen LogP contribution in [0.3, 0.4) is 0 Å². The molecular formula is C20H31ClN3O3S+. The molecule has 0 bridgehead atoms. The van der Waals surface area contributed by atoms with Crippen molar-refractivity contribution in [3.63, 3.8) is 0 Å². The summed E-state index contributed by atoms with van der Waals surface area (Å²) in [7, 11) is -3.57. The van der Waals surface area contributed by atoms with Gasteiger partial charge in [0.15, 0.2) is 6.54 Å². The van der Waals surface area contributed by atoms with Gasteiger partial charge in [0.1, 0.15) is 0 Å². The Morgan fingerprint density at radius 2 is 1.61 bits per heavy atom.